The van der Waals surface area contributed by atoms with Crippen LogP contribution in [0.15, 0.2) is 6.20 Å². The molecule has 7 nitrogen and oxygen atoms in total. The summed E-state index contributed by atoms with van der Waals surface area (Å²) >= 11 is 0. The molecule has 0 aliphatic carbocycles. The largest absolute Gasteiger partial charge is 0.462 e. The maximum atomic E-state index is 11.9. The lowest BCUT2D eigenvalue weighted by Crippen LogP contribution is -2.36. The zero-order valence-corrected chi connectivity index (χ0v) is 13.1. The molecule has 0 fully saturated rings. The Morgan fingerprint density at radius 1 is 1.48 bits per heavy atom. The number of hydrogen-bond acceptors (Lipinski definition) is 5. The standard InChI is InChI=1S/C14H24N4O3/c1-5-21-14(20)11-6-16-17(4)12(11)8-18(7-10(2)3)9-13(15)19/h6,10H,5,7-9H2,1-4H3,(H2,15,19). The minimum Gasteiger partial charge on any atom is -0.462 e. The highest BCUT2D eigenvalue weighted by molar-refractivity contribution is 5.90. The minimum atomic E-state index is -0.399. The monoisotopic (exact) mass is 296 g/mol. The van der Waals surface area contributed by atoms with Crippen molar-refractivity contribution in [3.63, 3.8) is 0 Å². The number of ether oxygens (including phenoxy) is 1. The SMILES string of the molecule is CCOC(=O)c1cnn(C)c1CN(CC(N)=O)CC(C)C. The molecule has 118 valence electrons. The van der Waals surface area contributed by atoms with Gasteiger partial charge < -0.3 is 10.5 Å². The van der Waals surface area contributed by atoms with Gasteiger partial charge in [-0.3, -0.25) is 14.4 Å². The maximum absolute atomic E-state index is 11.9. The lowest BCUT2D eigenvalue weighted by Gasteiger charge is -2.23. The topological polar surface area (TPSA) is 90.4 Å². The number of aryl methyl sites for hydroxylation is 1. The molecule has 7 heteroatoms. The van der Waals surface area contributed by atoms with Gasteiger partial charge in [0.15, 0.2) is 0 Å². The summed E-state index contributed by atoms with van der Waals surface area (Å²) in [5, 5.41) is 4.10. The Labute approximate surface area is 125 Å². The van der Waals surface area contributed by atoms with Crippen molar-refractivity contribution < 1.29 is 14.3 Å². The van der Waals surface area contributed by atoms with Gasteiger partial charge in [-0.2, -0.15) is 5.10 Å². The summed E-state index contributed by atoms with van der Waals surface area (Å²) in [6, 6.07) is 0. The predicted molar refractivity (Wildman–Crippen MR) is 78.5 cm³/mol. The molecule has 0 radical (unpaired) electrons. The number of aromatic nitrogens is 2. The molecule has 0 aliphatic rings. The highest BCUT2D eigenvalue weighted by atomic mass is 16.5. The Kier molecular flexibility index (Phi) is 6.36. The van der Waals surface area contributed by atoms with Crippen LogP contribution in [0.2, 0.25) is 0 Å². The summed E-state index contributed by atoms with van der Waals surface area (Å²) in [4.78, 5) is 25.0. The average Bonchev–Trinajstić information content (AvgIpc) is 2.69. The van der Waals surface area contributed by atoms with Gasteiger partial charge in [0.2, 0.25) is 5.91 Å². The van der Waals surface area contributed by atoms with Crippen LogP contribution in [0.4, 0.5) is 0 Å². The van der Waals surface area contributed by atoms with Crippen LogP contribution >= 0.6 is 0 Å². The number of amides is 1. The Morgan fingerprint density at radius 3 is 2.67 bits per heavy atom. The molecule has 21 heavy (non-hydrogen) atoms. The van der Waals surface area contributed by atoms with E-state index in [1.54, 1.807) is 18.7 Å². The second-order valence-corrected chi connectivity index (χ2v) is 5.38. The summed E-state index contributed by atoms with van der Waals surface area (Å²) in [7, 11) is 1.76. The Morgan fingerprint density at radius 2 is 2.14 bits per heavy atom. The zero-order chi connectivity index (χ0) is 16.0. The molecule has 0 atom stereocenters. The van der Waals surface area contributed by atoms with Gasteiger partial charge in [0, 0.05) is 20.1 Å². The predicted octanol–water partition coefficient (Wildman–Crippen LogP) is 0.540. The zero-order valence-electron chi connectivity index (χ0n) is 13.1. The van der Waals surface area contributed by atoms with Gasteiger partial charge in [0.05, 0.1) is 25.0 Å². The first kappa shape index (κ1) is 17.2. The van der Waals surface area contributed by atoms with E-state index in [4.69, 9.17) is 10.5 Å². The summed E-state index contributed by atoms with van der Waals surface area (Å²) in [6.45, 7) is 7.46. The van der Waals surface area contributed by atoms with E-state index < -0.39 is 11.9 Å². The summed E-state index contributed by atoms with van der Waals surface area (Å²) in [6.07, 6.45) is 1.49. The number of rotatable bonds is 8. The molecule has 0 saturated heterocycles. The van der Waals surface area contributed by atoms with E-state index in [0.717, 1.165) is 5.69 Å². The summed E-state index contributed by atoms with van der Waals surface area (Å²) in [5.74, 6) is -0.414. The fourth-order valence-corrected chi connectivity index (χ4v) is 2.16. The third-order valence-corrected chi connectivity index (χ3v) is 2.93. The maximum Gasteiger partial charge on any atom is 0.341 e. The summed E-state index contributed by atoms with van der Waals surface area (Å²) in [5.41, 5.74) is 6.43. The fourth-order valence-electron chi connectivity index (χ4n) is 2.16. The average molecular weight is 296 g/mol. The van der Waals surface area contributed by atoms with Gasteiger partial charge in [-0.15, -0.1) is 0 Å². The normalized spacial score (nSPS) is 11.1. The third-order valence-electron chi connectivity index (χ3n) is 2.93. The molecule has 1 amide bonds. The van der Waals surface area contributed by atoms with Crippen LogP contribution in [0, 0.1) is 5.92 Å². The number of carbonyl (C=O) groups excluding carboxylic acids is 2. The summed E-state index contributed by atoms with van der Waals surface area (Å²) < 4.78 is 6.65. The molecule has 0 aliphatic heterocycles. The van der Waals surface area contributed by atoms with Crippen LogP contribution in [0.1, 0.15) is 36.8 Å². The first-order valence-electron chi connectivity index (χ1n) is 7.03. The van der Waals surface area contributed by atoms with E-state index in [1.165, 1.54) is 6.20 Å². The van der Waals surface area contributed by atoms with E-state index >= 15 is 0 Å². The van der Waals surface area contributed by atoms with Gasteiger partial charge in [0.1, 0.15) is 5.56 Å². The molecule has 2 N–H and O–H groups in total. The first-order valence-corrected chi connectivity index (χ1v) is 7.03. The van der Waals surface area contributed by atoms with Crippen LogP contribution in [-0.2, 0) is 23.1 Å². The highest BCUT2D eigenvalue weighted by Gasteiger charge is 2.20. The molecule has 0 saturated carbocycles. The lowest BCUT2D eigenvalue weighted by molar-refractivity contribution is -0.119. The number of primary amides is 1. The molecule has 0 aromatic carbocycles. The minimum absolute atomic E-state index is 0.144. The van der Waals surface area contributed by atoms with Crippen molar-refractivity contribution in [3.8, 4) is 0 Å². The second kappa shape index (κ2) is 7.78. The first-order chi connectivity index (χ1) is 9.85. The van der Waals surface area contributed by atoms with Crippen molar-refractivity contribution in [2.75, 3.05) is 19.7 Å². The Balaban J connectivity index is 2.94. The van der Waals surface area contributed by atoms with Crippen molar-refractivity contribution in [1.29, 1.82) is 0 Å². The molecule has 0 bridgehead atoms. The molecule has 1 heterocycles. The molecule has 1 aromatic heterocycles. The number of hydrogen-bond donors (Lipinski definition) is 1. The van der Waals surface area contributed by atoms with Crippen LogP contribution in [0.5, 0.6) is 0 Å². The van der Waals surface area contributed by atoms with Gasteiger partial charge in [-0.05, 0) is 12.8 Å². The van der Waals surface area contributed by atoms with Crippen molar-refractivity contribution in [1.82, 2.24) is 14.7 Å². The molecule has 1 aromatic rings. The van der Waals surface area contributed by atoms with E-state index in [0.29, 0.717) is 31.2 Å². The lowest BCUT2D eigenvalue weighted by atomic mass is 10.1. The van der Waals surface area contributed by atoms with Gasteiger partial charge in [0.25, 0.3) is 0 Å². The molecular weight excluding hydrogens is 272 g/mol. The number of nitrogens with zero attached hydrogens (tertiary/aromatic N) is 3. The van der Waals surface area contributed by atoms with Crippen molar-refractivity contribution in [2.45, 2.75) is 27.3 Å². The van der Waals surface area contributed by atoms with Gasteiger partial charge in [-0.25, -0.2) is 4.79 Å². The van der Waals surface area contributed by atoms with Gasteiger partial charge in [-0.1, -0.05) is 13.8 Å². The molecule has 0 unspecified atom stereocenters. The highest BCUT2D eigenvalue weighted by Crippen LogP contribution is 2.13. The molecule has 0 spiro atoms. The van der Waals surface area contributed by atoms with Crippen LogP contribution in [-0.4, -0.2) is 46.3 Å². The quantitative estimate of drug-likeness (QED) is 0.707. The van der Waals surface area contributed by atoms with Gasteiger partial charge >= 0.3 is 5.97 Å². The molecular formula is C14H24N4O3. The van der Waals surface area contributed by atoms with Crippen molar-refractivity contribution in [2.24, 2.45) is 18.7 Å². The molecule has 1 rings (SSSR count). The van der Waals surface area contributed by atoms with Crippen LogP contribution in [0.25, 0.3) is 0 Å². The van der Waals surface area contributed by atoms with E-state index in [9.17, 15) is 9.59 Å². The number of nitrogens with two attached hydrogens (primary N) is 1. The van der Waals surface area contributed by atoms with Crippen LogP contribution < -0.4 is 5.73 Å². The van der Waals surface area contributed by atoms with E-state index in [-0.39, 0.29) is 6.54 Å². The Hall–Kier alpha value is -1.89. The van der Waals surface area contributed by atoms with E-state index in [1.807, 2.05) is 4.90 Å². The van der Waals surface area contributed by atoms with E-state index in [2.05, 4.69) is 18.9 Å². The number of carbonyl (C=O) groups is 2. The Bertz CT molecular complexity index is 496. The smallest absolute Gasteiger partial charge is 0.341 e. The van der Waals surface area contributed by atoms with Crippen LogP contribution in [0.3, 0.4) is 0 Å². The number of esters is 1. The fraction of sp³-hybridized carbons (Fsp3) is 0.643. The van der Waals surface area contributed by atoms with Crippen molar-refractivity contribution >= 4 is 11.9 Å². The van der Waals surface area contributed by atoms with Crippen molar-refractivity contribution in [3.05, 3.63) is 17.5 Å². The third kappa shape index (κ3) is 5.18. The second-order valence-electron chi connectivity index (χ2n) is 5.38.